The van der Waals surface area contributed by atoms with Gasteiger partial charge in [0, 0.05) is 5.56 Å². The summed E-state index contributed by atoms with van der Waals surface area (Å²) in [6.07, 6.45) is 3.07. The van der Waals surface area contributed by atoms with Gasteiger partial charge in [-0.1, -0.05) is 48.5 Å². The molecule has 31 heavy (non-hydrogen) atoms. The molecule has 0 aromatic heterocycles. The van der Waals surface area contributed by atoms with Crippen LogP contribution in [0.15, 0.2) is 89.7 Å². The van der Waals surface area contributed by atoms with Gasteiger partial charge in [0.1, 0.15) is 5.70 Å². The van der Waals surface area contributed by atoms with Gasteiger partial charge in [-0.2, -0.15) is 5.10 Å². The van der Waals surface area contributed by atoms with E-state index in [4.69, 9.17) is 9.47 Å². The number of hydrogen-bond acceptors (Lipinski definition) is 5. The minimum Gasteiger partial charge on any atom is -0.454 e. The lowest BCUT2D eigenvalue weighted by Crippen LogP contribution is -2.32. The van der Waals surface area contributed by atoms with E-state index >= 15 is 0 Å². The van der Waals surface area contributed by atoms with Gasteiger partial charge < -0.3 is 14.8 Å². The van der Waals surface area contributed by atoms with Crippen LogP contribution >= 0.6 is 0 Å². The van der Waals surface area contributed by atoms with Crippen LogP contribution in [0.2, 0.25) is 0 Å². The van der Waals surface area contributed by atoms with Crippen molar-refractivity contribution in [2.75, 3.05) is 6.79 Å². The number of benzene rings is 3. The van der Waals surface area contributed by atoms with Crippen molar-refractivity contribution in [2.24, 2.45) is 5.10 Å². The fourth-order valence-electron chi connectivity index (χ4n) is 2.88. The summed E-state index contributed by atoms with van der Waals surface area (Å²) < 4.78 is 10.6. The summed E-state index contributed by atoms with van der Waals surface area (Å²) >= 11 is 0. The number of carbonyl (C=O) groups is 2. The Morgan fingerprint density at radius 3 is 2.32 bits per heavy atom. The average molecular weight is 413 g/mol. The highest BCUT2D eigenvalue weighted by Gasteiger charge is 2.15. The third-order valence-electron chi connectivity index (χ3n) is 4.42. The van der Waals surface area contributed by atoms with Crippen molar-refractivity contribution in [3.8, 4) is 11.5 Å². The second-order valence-electron chi connectivity index (χ2n) is 6.60. The van der Waals surface area contributed by atoms with Gasteiger partial charge in [-0.3, -0.25) is 9.59 Å². The van der Waals surface area contributed by atoms with Crippen molar-refractivity contribution in [3.05, 3.63) is 101 Å². The standard InChI is InChI=1S/C24H19N3O4/c28-23(19-9-5-2-6-10-19)26-20(13-17-7-3-1-4-8-17)24(29)27-25-15-18-11-12-21-22(14-18)31-16-30-21/h1-15H,16H2,(H,26,28)(H,27,29)/b20-13-,25-15+. The van der Waals surface area contributed by atoms with E-state index in [1.807, 2.05) is 36.4 Å². The number of fused-ring (bicyclic) bond motifs is 1. The molecule has 1 heterocycles. The quantitative estimate of drug-likeness (QED) is 0.369. The van der Waals surface area contributed by atoms with Crippen molar-refractivity contribution in [3.63, 3.8) is 0 Å². The molecule has 0 radical (unpaired) electrons. The molecule has 4 rings (SSSR count). The Hall–Kier alpha value is -4.39. The molecule has 7 heteroatoms. The van der Waals surface area contributed by atoms with Crippen LogP contribution in [0.1, 0.15) is 21.5 Å². The minimum absolute atomic E-state index is 0.0721. The molecule has 0 aliphatic carbocycles. The maximum Gasteiger partial charge on any atom is 0.287 e. The molecule has 2 amide bonds. The number of nitrogens with zero attached hydrogens (tertiary/aromatic N) is 1. The molecule has 1 aliphatic rings. The Balaban J connectivity index is 1.49. The van der Waals surface area contributed by atoms with Gasteiger partial charge in [0.15, 0.2) is 11.5 Å². The van der Waals surface area contributed by atoms with Gasteiger partial charge >= 0.3 is 0 Å². The first-order chi connectivity index (χ1) is 15.2. The summed E-state index contributed by atoms with van der Waals surface area (Å²) in [4.78, 5) is 25.3. The molecule has 0 fully saturated rings. The number of hydrogen-bond donors (Lipinski definition) is 2. The first-order valence-corrected chi connectivity index (χ1v) is 9.55. The van der Waals surface area contributed by atoms with Gasteiger partial charge in [0.2, 0.25) is 6.79 Å². The van der Waals surface area contributed by atoms with Crippen molar-refractivity contribution < 1.29 is 19.1 Å². The van der Waals surface area contributed by atoms with Gasteiger partial charge in [-0.05, 0) is 47.5 Å². The topological polar surface area (TPSA) is 89.0 Å². The lowest BCUT2D eigenvalue weighted by atomic mass is 10.1. The normalized spacial score (nSPS) is 12.6. The average Bonchev–Trinajstić information content (AvgIpc) is 3.28. The smallest absolute Gasteiger partial charge is 0.287 e. The Kier molecular flexibility index (Phi) is 6.04. The maximum atomic E-state index is 12.7. The summed E-state index contributed by atoms with van der Waals surface area (Å²) in [5.74, 6) is 0.343. The third-order valence-corrected chi connectivity index (χ3v) is 4.42. The van der Waals surface area contributed by atoms with Crippen molar-refractivity contribution >= 4 is 24.1 Å². The fourth-order valence-corrected chi connectivity index (χ4v) is 2.88. The van der Waals surface area contributed by atoms with Crippen LogP contribution in [0.5, 0.6) is 11.5 Å². The molecule has 0 spiro atoms. The first kappa shape index (κ1) is 19.9. The lowest BCUT2D eigenvalue weighted by molar-refractivity contribution is -0.117. The molecule has 0 unspecified atom stereocenters. The molecule has 2 N–H and O–H groups in total. The van der Waals surface area contributed by atoms with Gasteiger partial charge in [-0.25, -0.2) is 5.43 Å². The first-order valence-electron chi connectivity index (χ1n) is 9.55. The molecule has 3 aromatic carbocycles. The molecule has 154 valence electrons. The van der Waals surface area contributed by atoms with Crippen LogP contribution in [0.4, 0.5) is 0 Å². The molecular weight excluding hydrogens is 394 g/mol. The second-order valence-corrected chi connectivity index (χ2v) is 6.60. The number of ether oxygens (including phenoxy) is 2. The van der Waals surface area contributed by atoms with E-state index in [0.717, 1.165) is 11.1 Å². The highest BCUT2D eigenvalue weighted by atomic mass is 16.7. The van der Waals surface area contributed by atoms with Crippen molar-refractivity contribution in [1.82, 2.24) is 10.7 Å². The van der Waals surface area contributed by atoms with Crippen LogP contribution in [-0.4, -0.2) is 24.8 Å². The van der Waals surface area contributed by atoms with Gasteiger partial charge in [0.25, 0.3) is 11.8 Å². The predicted octanol–water partition coefficient (Wildman–Crippen LogP) is 3.34. The van der Waals surface area contributed by atoms with Crippen LogP contribution in [0.25, 0.3) is 6.08 Å². The van der Waals surface area contributed by atoms with Crippen LogP contribution in [-0.2, 0) is 4.79 Å². The zero-order valence-corrected chi connectivity index (χ0v) is 16.4. The van der Waals surface area contributed by atoms with Crippen molar-refractivity contribution in [1.29, 1.82) is 0 Å². The highest BCUT2D eigenvalue weighted by Crippen LogP contribution is 2.31. The number of rotatable bonds is 6. The van der Waals surface area contributed by atoms with Crippen LogP contribution in [0, 0.1) is 0 Å². The van der Waals surface area contributed by atoms with E-state index in [9.17, 15) is 9.59 Å². The summed E-state index contributed by atoms with van der Waals surface area (Å²) in [6.45, 7) is 0.182. The van der Waals surface area contributed by atoms with E-state index in [2.05, 4.69) is 15.8 Å². The van der Waals surface area contributed by atoms with Crippen LogP contribution in [0.3, 0.4) is 0 Å². The summed E-state index contributed by atoms with van der Waals surface area (Å²) in [5, 5.41) is 6.66. The molecule has 1 aliphatic heterocycles. The predicted molar refractivity (Wildman–Crippen MR) is 117 cm³/mol. The molecule has 0 bridgehead atoms. The SMILES string of the molecule is O=C(N/N=C/c1ccc2c(c1)OCO2)/C(=C/c1ccccc1)NC(=O)c1ccccc1. The lowest BCUT2D eigenvalue weighted by Gasteiger charge is -2.09. The number of hydrazone groups is 1. The zero-order valence-electron chi connectivity index (χ0n) is 16.4. The largest absolute Gasteiger partial charge is 0.454 e. The maximum absolute atomic E-state index is 12.7. The van der Waals surface area contributed by atoms with E-state index in [1.54, 1.807) is 48.5 Å². The zero-order chi connectivity index (χ0) is 21.5. The fraction of sp³-hybridized carbons (Fsp3) is 0.0417. The molecule has 3 aromatic rings. The molecule has 0 saturated heterocycles. The van der Waals surface area contributed by atoms with Crippen molar-refractivity contribution in [2.45, 2.75) is 0 Å². The van der Waals surface area contributed by atoms with E-state index in [1.165, 1.54) is 6.21 Å². The Labute approximate surface area is 179 Å². The minimum atomic E-state index is -0.551. The van der Waals surface area contributed by atoms with E-state index in [-0.39, 0.29) is 12.5 Å². The molecular formula is C24H19N3O4. The number of amides is 2. The monoisotopic (exact) mass is 413 g/mol. The van der Waals surface area contributed by atoms with Gasteiger partial charge in [-0.15, -0.1) is 0 Å². The highest BCUT2D eigenvalue weighted by molar-refractivity contribution is 6.05. The Morgan fingerprint density at radius 1 is 0.839 bits per heavy atom. The molecule has 7 nitrogen and oxygen atoms in total. The van der Waals surface area contributed by atoms with E-state index < -0.39 is 11.8 Å². The van der Waals surface area contributed by atoms with E-state index in [0.29, 0.717) is 17.1 Å². The Bertz CT molecular complexity index is 1140. The summed E-state index contributed by atoms with van der Waals surface area (Å²) in [7, 11) is 0. The molecule has 0 saturated carbocycles. The van der Waals surface area contributed by atoms with Gasteiger partial charge in [0.05, 0.1) is 6.21 Å². The molecule has 0 atom stereocenters. The Morgan fingerprint density at radius 2 is 1.55 bits per heavy atom. The third kappa shape index (κ3) is 5.16. The summed E-state index contributed by atoms with van der Waals surface area (Å²) in [5.41, 5.74) is 4.46. The number of nitrogens with one attached hydrogen (secondary N) is 2. The number of carbonyl (C=O) groups excluding carboxylic acids is 2. The second kappa shape index (κ2) is 9.41. The van der Waals surface area contributed by atoms with Crippen LogP contribution < -0.4 is 20.2 Å². The summed E-state index contributed by atoms with van der Waals surface area (Å²) in [6, 6.07) is 23.2.